The van der Waals surface area contributed by atoms with Crippen molar-refractivity contribution in [1.82, 2.24) is 0 Å². The molecule has 17 heteroatoms. The summed E-state index contributed by atoms with van der Waals surface area (Å²) in [6.07, 6.45) is 0.280. The van der Waals surface area contributed by atoms with Crippen LogP contribution < -0.4 is 35.7 Å². The van der Waals surface area contributed by atoms with Crippen molar-refractivity contribution >= 4 is 76.9 Å². The van der Waals surface area contributed by atoms with Crippen molar-refractivity contribution in [2.75, 3.05) is 9.44 Å². The number of aryl methyl sites for hydroxylation is 2. The van der Waals surface area contributed by atoms with E-state index in [2.05, 4.69) is 9.44 Å². The number of halogens is 2. The van der Waals surface area contributed by atoms with Crippen LogP contribution in [0.1, 0.15) is 33.4 Å². The lowest BCUT2D eigenvalue weighted by Crippen LogP contribution is -2.21. The molecule has 0 aliphatic heterocycles. The number of nitrogens with two attached hydrogens (primary N) is 2. The highest BCUT2D eigenvalue weighted by Gasteiger charge is 2.19. The van der Waals surface area contributed by atoms with Gasteiger partial charge in [-0.2, -0.15) is 16.8 Å². The van der Waals surface area contributed by atoms with Crippen molar-refractivity contribution in [3.8, 4) is 11.5 Å². The molecule has 0 atom stereocenters. The van der Waals surface area contributed by atoms with Crippen LogP contribution in [-0.4, -0.2) is 16.8 Å². The van der Waals surface area contributed by atoms with E-state index in [0.717, 1.165) is 0 Å². The van der Waals surface area contributed by atoms with E-state index in [9.17, 15) is 26.4 Å². The van der Waals surface area contributed by atoms with Crippen molar-refractivity contribution in [3.05, 3.63) is 137 Å². The Hall–Kier alpha value is -4.90. The van der Waals surface area contributed by atoms with Crippen molar-refractivity contribution < 1.29 is 30.4 Å². The highest BCUT2D eigenvalue weighted by Crippen LogP contribution is 2.39. The zero-order valence-electron chi connectivity index (χ0n) is 26.7. The molecule has 0 radical (unpaired) electrons. The number of hydrogen-bond acceptors (Lipinski definition) is 9. The fourth-order valence-corrected chi connectivity index (χ4v) is 7.00. The summed E-state index contributed by atoms with van der Waals surface area (Å²) in [6.45, 7) is 3.49. The molecular weight excluding hydrogens is 743 g/mol. The summed E-state index contributed by atoms with van der Waals surface area (Å²) in [4.78, 5) is 26.3. The normalized spacial score (nSPS) is 12.0. The standard InChI is InChI=1S/C34H28Cl2N4O9S2/c1-17-23-13-27(35)31(15-29(23)48-33(41)25(17)11-19-5-3-7-21(9-19)39-50(37,43)44)47-32-16-30-24(14-28(32)36)18(2)26(34(42)49-30)12-20-6-4-8-22(10-20)40-51(38,45)46/h3-10,13-16,39-40H,11-12H2,1-2H3,(H2,37,43,44)(H2,38,45,46). The zero-order valence-corrected chi connectivity index (χ0v) is 29.9. The molecule has 0 bridgehead atoms. The summed E-state index contributed by atoms with van der Waals surface area (Å²) >= 11 is 13.3. The lowest BCUT2D eigenvalue weighted by molar-refractivity contribution is 0.478. The Labute approximate surface area is 301 Å². The number of fused-ring (bicyclic) bond motifs is 2. The van der Waals surface area contributed by atoms with Crippen LogP contribution in [0.4, 0.5) is 11.4 Å². The first-order valence-corrected chi connectivity index (χ1v) is 18.8. The molecular formula is C34H28Cl2N4O9S2. The van der Waals surface area contributed by atoms with Crippen LogP contribution >= 0.6 is 23.2 Å². The Balaban J connectivity index is 1.29. The number of benzene rings is 4. The summed E-state index contributed by atoms with van der Waals surface area (Å²) in [6, 6.07) is 19.0. The molecule has 0 spiro atoms. The van der Waals surface area contributed by atoms with Gasteiger partial charge in [-0.1, -0.05) is 47.5 Å². The maximum atomic E-state index is 13.1. The molecule has 0 saturated carbocycles. The maximum Gasteiger partial charge on any atom is 0.340 e. The van der Waals surface area contributed by atoms with E-state index in [1.54, 1.807) is 62.4 Å². The first-order chi connectivity index (χ1) is 23.9. The highest BCUT2D eigenvalue weighted by molar-refractivity contribution is 7.90. The summed E-state index contributed by atoms with van der Waals surface area (Å²) in [7, 11) is -7.97. The van der Waals surface area contributed by atoms with E-state index < -0.39 is 31.7 Å². The molecule has 0 saturated heterocycles. The van der Waals surface area contributed by atoms with Gasteiger partial charge in [-0.05, 0) is 72.5 Å². The van der Waals surface area contributed by atoms with Crippen LogP contribution in [0.3, 0.4) is 0 Å². The van der Waals surface area contributed by atoms with Crippen LogP contribution in [0.5, 0.6) is 11.5 Å². The predicted octanol–water partition coefficient (Wildman–Crippen LogP) is 6.03. The van der Waals surface area contributed by atoms with E-state index in [4.69, 9.17) is 47.1 Å². The monoisotopic (exact) mass is 770 g/mol. The molecule has 6 rings (SSSR count). The van der Waals surface area contributed by atoms with Crippen molar-refractivity contribution in [1.29, 1.82) is 0 Å². The molecule has 0 amide bonds. The molecule has 13 nitrogen and oxygen atoms in total. The Kier molecular flexibility index (Phi) is 9.63. The minimum atomic E-state index is -3.98. The molecule has 0 unspecified atom stereocenters. The van der Waals surface area contributed by atoms with Crippen molar-refractivity contribution in [2.24, 2.45) is 10.3 Å². The number of rotatable bonds is 10. The highest BCUT2D eigenvalue weighted by atomic mass is 35.5. The van der Waals surface area contributed by atoms with Gasteiger partial charge in [0, 0.05) is 46.9 Å². The van der Waals surface area contributed by atoms with Gasteiger partial charge in [-0.25, -0.2) is 19.9 Å². The molecule has 264 valence electrons. The Morgan fingerprint density at radius 2 is 1.04 bits per heavy atom. The zero-order chi connectivity index (χ0) is 36.8. The van der Waals surface area contributed by atoms with E-state index in [-0.39, 0.29) is 56.9 Å². The number of ether oxygens (including phenoxy) is 1. The molecule has 6 aromatic rings. The van der Waals surface area contributed by atoms with Gasteiger partial charge in [-0.3, -0.25) is 9.44 Å². The molecule has 51 heavy (non-hydrogen) atoms. The number of anilines is 2. The van der Waals surface area contributed by atoms with Crippen LogP contribution in [0, 0.1) is 13.8 Å². The van der Waals surface area contributed by atoms with Gasteiger partial charge >= 0.3 is 11.3 Å². The second kappa shape index (κ2) is 13.7. The van der Waals surface area contributed by atoms with Gasteiger partial charge in [0.25, 0.3) is 20.4 Å². The SMILES string of the molecule is Cc1c(Cc2cccc(NS(N)(=O)=O)c2)c(=O)oc2cc(Oc3cc4oc(=O)c(Cc5cccc(NS(N)(=O)=O)c5)c(C)c4cc3Cl)c(Cl)cc12. The molecule has 2 aromatic heterocycles. The van der Waals surface area contributed by atoms with Crippen LogP contribution in [-0.2, 0) is 33.3 Å². The van der Waals surface area contributed by atoms with Gasteiger partial charge < -0.3 is 13.6 Å². The average Bonchev–Trinajstić information content (AvgIpc) is 3.02. The van der Waals surface area contributed by atoms with E-state index in [1.807, 2.05) is 0 Å². The van der Waals surface area contributed by atoms with Gasteiger partial charge in [0.05, 0.1) is 21.4 Å². The Bertz CT molecular complexity index is 2550. The van der Waals surface area contributed by atoms with Crippen LogP contribution in [0.25, 0.3) is 21.9 Å². The third kappa shape index (κ3) is 8.20. The summed E-state index contributed by atoms with van der Waals surface area (Å²) < 4.78 is 67.6. The van der Waals surface area contributed by atoms with E-state index in [0.29, 0.717) is 44.2 Å². The maximum absolute atomic E-state index is 13.1. The number of nitrogens with one attached hydrogen (secondary N) is 2. The first-order valence-electron chi connectivity index (χ1n) is 14.9. The smallest absolute Gasteiger partial charge is 0.340 e. The van der Waals surface area contributed by atoms with Gasteiger partial charge in [0.1, 0.15) is 22.7 Å². The van der Waals surface area contributed by atoms with Crippen molar-refractivity contribution in [2.45, 2.75) is 26.7 Å². The quantitative estimate of drug-likeness (QED) is 0.120. The fraction of sp³-hybridized carbons (Fsp3) is 0.118. The van der Waals surface area contributed by atoms with E-state index in [1.165, 1.54) is 24.3 Å². The lowest BCUT2D eigenvalue weighted by Gasteiger charge is -2.14. The van der Waals surface area contributed by atoms with Crippen molar-refractivity contribution in [3.63, 3.8) is 0 Å². The second-order valence-corrected chi connectivity index (χ2v) is 15.1. The van der Waals surface area contributed by atoms with Crippen LogP contribution in [0.2, 0.25) is 10.0 Å². The number of hydrogen-bond donors (Lipinski definition) is 4. The summed E-state index contributed by atoms with van der Waals surface area (Å²) in [5.74, 6) is 0.234. The molecule has 6 N–H and O–H groups in total. The van der Waals surface area contributed by atoms with Gasteiger partial charge in [-0.15, -0.1) is 0 Å². The van der Waals surface area contributed by atoms with Gasteiger partial charge in [0.2, 0.25) is 0 Å². The first kappa shape index (κ1) is 35.9. The third-order valence-electron chi connectivity index (χ3n) is 8.04. The topological polar surface area (TPSA) is 214 Å². The minimum absolute atomic E-state index is 0.117. The molecule has 0 fully saturated rings. The minimum Gasteiger partial charge on any atom is -0.454 e. The Morgan fingerprint density at radius 3 is 1.41 bits per heavy atom. The predicted molar refractivity (Wildman–Crippen MR) is 196 cm³/mol. The summed E-state index contributed by atoms with van der Waals surface area (Å²) in [5.41, 5.74) is 2.81. The van der Waals surface area contributed by atoms with Gasteiger partial charge in [0.15, 0.2) is 0 Å². The largest absolute Gasteiger partial charge is 0.454 e. The molecule has 0 aliphatic rings. The fourth-order valence-electron chi connectivity index (χ4n) is 5.69. The van der Waals surface area contributed by atoms with E-state index >= 15 is 0 Å². The third-order valence-corrected chi connectivity index (χ3v) is 9.67. The van der Waals surface area contributed by atoms with Crippen LogP contribution in [0.15, 0.2) is 91.2 Å². The lowest BCUT2D eigenvalue weighted by atomic mass is 9.99. The molecule has 2 heterocycles. The Morgan fingerprint density at radius 1 is 0.647 bits per heavy atom. The second-order valence-electron chi connectivity index (χ2n) is 11.7. The summed E-state index contributed by atoms with van der Waals surface area (Å²) in [5, 5.41) is 11.6. The molecule has 0 aliphatic carbocycles. The average molecular weight is 772 g/mol. The molecule has 4 aromatic carbocycles.